The summed E-state index contributed by atoms with van der Waals surface area (Å²) in [5.74, 6) is -0.666. The molecule has 142 valence electrons. The predicted octanol–water partition coefficient (Wildman–Crippen LogP) is 4.96. The topological polar surface area (TPSA) is 62.3 Å². The minimum Gasteiger partial charge on any atom is -0.321 e. The Balaban J connectivity index is 1.83. The number of hydrogen-bond donors (Lipinski definition) is 1. The molecule has 0 saturated heterocycles. The third-order valence-electron chi connectivity index (χ3n) is 4.16. The SMILES string of the molecule is CCN(C(=O)c1cccc(C(=O)Nc2cccc(Cl)c2)n1)c1cccc(C)c1. The van der Waals surface area contributed by atoms with Gasteiger partial charge in [-0.2, -0.15) is 0 Å². The molecule has 0 aliphatic rings. The van der Waals surface area contributed by atoms with Crippen LogP contribution < -0.4 is 10.2 Å². The Morgan fingerprint density at radius 3 is 2.43 bits per heavy atom. The summed E-state index contributed by atoms with van der Waals surface area (Å²) in [4.78, 5) is 31.4. The predicted molar refractivity (Wildman–Crippen MR) is 112 cm³/mol. The lowest BCUT2D eigenvalue weighted by atomic mass is 10.2. The lowest BCUT2D eigenvalue weighted by molar-refractivity contribution is 0.0983. The number of rotatable bonds is 5. The molecule has 0 bridgehead atoms. The van der Waals surface area contributed by atoms with E-state index in [9.17, 15) is 9.59 Å². The Morgan fingerprint density at radius 2 is 1.71 bits per heavy atom. The minimum atomic E-state index is -0.407. The Morgan fingerprint density at radius 1 is 1.00 bits per heavy atom. The monoisotopic (exact) mass is 393 g/mol. The third-order valence-corrected chi connectivity index (χ3v) is 4.39. The van der Waals surface area contributed by atoms with Crippen molar-refractivity contribution in [3.63, 3.8) is 0 Å². The number of amides is 2. The molecule has 28 heavy (non-hydrogen) atoms. The molecule has 2 aromatic carbocycles. The number of hydrogen-bond acceptors (Lipinski definition) is 3. The maximum Gasteiger partial charge on any atom is 0.276 e. The second kappa shape index (κ2) is 8.67. The zero-order valence-electron chi connectivity index (χ0n) is 15.6. The summed E-state index contributed by atoms with van der Waals surface area (Å²) in [7, 11) is 0. The Labute approximate surface area is 169 Å². The number of nitrogens with zero attached hydrogens (tertiary/aromatic N) is 2. The van der Waals surface area contributed by atoms with Crippen molar-refractivity contribution in [1.29, 1.82) is 0 Å². The number of halogens is 1. The maximum absolute atomic E-state index is 13.0. The summed E-state index contributed by atoms with van der Waals surface area (Å²) >= 11 is 5.94. The van der Waals surface area contributed by atoms with Crippen molar-refractivity contribution >= 4 is 34.8 Å². The van der Waals surface area contributed by atoms with Crippen LogP contribution in [0.25, 0.3) is 0 Å². The number of nitrogens with one attached hydrogen (secondary N) is 1. The molecule has 0 radical (unpaired) electrons. The minimum absolute atomic E-state index is 0.158. The van der Waals surface area contributed by atoms with Crippen molar-refractivity contribution in [3.05, 3.63) is 88.7 Å². The van der Waals surface area contributed by atoms with E-state index in [-0.39, 0.29) is 17.3 Å². The van der Waals surface area contributed by atoms with Crippen LogP contribution in [0.4, 0.5) is 11.4 Å². The summed E-state index contributed by atoms with van der Waals surface area (Å²) in [6, 6.07) is 19.4. The highest BCUT2D eigenvalue weighted by molar-refractivity contribution is 6.31. The lowest BCUT2D eigenvalue weighted by Crippen LogP contribution is -2.31. The van der Waals surface area contributed by atoms with Crippen LogP contribution in [0.2, 0.25) is 5.02 Å². The zero-order chi connectivity index (χ0) is 20.1. The third kappa shape index (κ3) is 4.56. The molecule has 3 rings (SSSR count). The molecule has 0 saturated carbocycles. The second-order valence-electron chi connectivity index (χ2n) is 6.26. The number of pyridine rings is 1. The van der Waals surface area contributed by atoms with Gasteiger partial charge in [-0.3, -0.25) is 9.59 Å². The van der Waals surface area contributed by atoms with E-state index in [0.29, 0.717) is 17.3 Å². The highest BCUT2D eigenvalue weighted by Crippen LogP contribution is 2.19. The molecule has 3 aromatic rings. The molecule has 0 aliphatic heterocycles. The van der Waals surface area contributed by atoms with E-state index < -0.39 is 5.91 Å². The first kappa shape index (κ1) is 19.6. The van der Waals surface area contributed by atoms with Crippen LogP contribution in [-0.2, 0) is 0 Å². The van der Waals surface area contributed by atoms with Gasteiger partial charge in [-0.15, -0.1) is 0 Å². The van der Waals surface area contributed by atoms with Crippen molar-refractivity contribution < 1.29 is 9.59 Å². The molecule has 0 aliphatic carbocycles. The van der Waals surface area contributed by atoms with Crippen molar-refractivity contribution in [1.82, 2.24) is 4.98 Å². The normalized spacial score (nSPS) is 10.4. The van der Waals surface area contributed by atoms with Gasteiger partial charge in [0, 0.05) is 22.9 Å². The van der Waals surface area contributed by atoms with Gasteiger partial charge < -0.3 is 10.2 Å². The number of aromatic nitrogens is 1. The van der Waals surface area contributed by atoms with Gasteiger partial charge in [0.15, 0.2) is 0 Å². The van der Waals surface area contributed by atoms with Crippen LogP contribution >= 0.6 is 11.6 Å². The van der Waals surface area contributed by atoms with E-state index in [0.717, 1.165) is 11.3 Å². The fourth-order valence-electron chi connectivity index (χ4n) is 2.82. The lowest BCUT2D eigenvalue weighted by Gasteiger charge is -2.21. The van der Waals surface area contributed by atoms with Gasteiger partial charge in [-0.05, 0) is 61.9 Å². The molecule has 0 spiro atoms. The van der Waals surface area contributed by atoms with Crippen molar-refractivity contribution in [2.75, 3.05) is 16.8 Å². The van der Waals surface area contributed by atoms with Crippen LogP contribution in [0.1, 0.15) is 33.5 Å². The number of aryl methyl sites for hydroxylation is 1. The Hall–Kier alpha value is -3.18. The van der Waals surface area contributed by atoms with Gasteiger partial charge in [0.2, 0.25) is 0 Å². The molecule has 1 heterocycles. The van der Waals surface area contributed by atoms with Crippen LogP contribution in [0.5, 0.6) is 0 Å². The fourth-order valence-corrected chi connectivity index (χ4v) is 3.01. The van der Waals surface area contributed by atoms with Gasteiger partial charge in [0.1, 0.15) is 11.4 Å². The number of benzene rings is 2. The molecule has 5 nitrogen and oxygen atoms in total. The van der Waals surface area contributed by atoms with Gasteiger partial charge in [0.25, 0.3) is 11.8 Å². The molecule has 0 atom stereocenters. The first-order chi connectivity index (χ1) is 13.5. The van der Waals surface area contributed by atoms with E-state index in [4.69, 9.17) is 11.6 Å². The molecule has 2 amide bonds. The summed E-state index contributed by atoms with van der Waals surface area (Å²) in [5.41, 5.74) is 2.79. The average Bonchev–Trinajstić information content (AvgIpc) is 2.68. The molecule has 1 N–H and O–H groups in total. The van der Waals surface area contributed by atoms with E-state index in [2.05, 4.69) is 10.3 Å². The first-order valence-corrected chi connectivity index (χ1v) is 9.28. The highest BCUT2D eigenvalue weighted by Gasteiger charge is 2.19. The number of anilines is 2. The molecule has 0 fully saturated rings. The Bertz CT molecular complexity index is 1020. The van der Waals surface area contributed by atoms with Gasteiger partial charge in [0.05, 0.1) is 0 Å². The van der Waals surface area contributed by atoms with E-state index >= 15 is 0 Å². The van der Waals surface area contributed by atoms with Crippen molar-refractivity contribution in [3.8, 4) is 0 Å². The highest BCUT2D eigenvalue weighted by atomic mass is 35.5. The van der Waals surface area contributed by atoms with Crippen LogP contribution in [-0.4, -0.2) is 23.3 Å². The standard InChI is InChI=1S/C22H20ClN3O2/c1-3-26(18-10-4-7-15(2)13-18)22(28)20-12-6-11-19(25-20)21(27)24-17-9-5-8-16(23)14-17/h4-14H,3H2,1-2H3,(H,24,27). The van der Waals surface area contributed by atoms with E-state index in [1.807, 2.05) is 38.1 Å². The number of carbonyl (C=O) groups is 2. The quantitative estimate of drug-likeness (QED) is 0.666. The van der Waals surface area contributed by atoms with Crippen molar-refractivity contribution in [2.45, 2.75) is 13.8 Å². The Kier molecular flexibility index (Phi) is 6.06. The van der Waals surface area contributed by atoms with E-state index in [1.54, 1.807) is 47.4 Å². The van der Waals surface area contributed by atoms with Crippen molar-refractivity contribution in [2.24, 2.45) is 0 Å². The van der Waals surface area contributed by atoms with Gasteiger partial charge in [-0.25, -0.2) is 4.98 Å². The maximum atomic E-state index is 13.0. The molecular weight excluding hydrogens is 374 g/mol. The summed E-state index contributed by atoms with van der Waals surface area (Å²) in [6.45, 7) is 4.36. The summed E-state index contributed by atoms with van der Waals surface area (Å²) in [6.07, 6.45) is 0. The smallest absolute Gasteiger partial charge is 0.276 e. The largest absolute Gasteiger partial charge is 0.321 e. The number of carbonyl (C=O) groups excluding carboxylic acids is 2. The van der Waals surface area contributed by atoms with Gasteiger partial charge >= 0.3 is 0 Å². The van der Waals surface area contributed by atoms with Crippen LogP contribution in [0.3, 0.4) is 0 Å². The first-order valence-electron chi connectivity index (χ1n) is 8.90. The summed E-state index contributed by atoms with van der Waals surface area (Å²) < 4.78 is 0. The average molecular weight is 394 g/mol. The molecule has 0 unspecified atom stereocenters. The second-order valence-corrected chi connectivity index (χ2v) is 6.70. The fraction of sp³-hybridized carbons (Fsp3) is 0.136. The summed E-state index contributed by atoms with van der Waals surface area (Å²) in [5, 5.41) is 3.26. The zero-order valence-corrected chi connectivity index (χ0v) is 16.4. The van der Waals surface area contributed by atoms with Crippen LogP contribution in [0.15, 0.2) is 66.7 Å². The molecular formula is C22H20ClN3O2. The van der Waals surface area contributed by atoms with Crippen LogP contribution in [0, 0.1) is 6.92 Å². The van der Waals surface area contributed by atoms with E-state index in [1.165, 1.54) is 0 Å². The molecule has 1 aromatic heterocycles. The van der Waals surface area contributed by atoms with Gasteiger partial charge in [-0.1, -0.05) is 35.9 Å². The molecule has 6 heteroatoms.